The number of hydrogen-bond acceptors (Lipinski definition) is 2. The summed E-state index contributed by atoms with van der Waals surface area (Å²) in [4.78, 5) is 13.7. The van der Waals surface area contributed by atoms with Crippen LogP contribution in [0.1, 0.15) is 25.8 Å². The van der Waals surface area contributed by atoms with Gasteiger partial charge in [-0.3, -0.25) is 4.79 Å². The second-order valence-corrected chi connectivity index (χ2v) is 6.40. The fraction of sp³-hybridized carbons (Fsp3) is 0.533. The summed E-state index contributed by atoms with van der Waals surface area (Å²) >= 11 is 3.13. The Balaban J connectivity index is 2.70. The Morgan fingerprint density at radius 3 is 2.55 bits per heavy atom. The summed E-state index contributed by atoms with van der Waals surface area (Å²) in [6.45, 7) is 4.63. The monoisotopic (exact) mass is 344 g/mol. The number of carbonyl (C=O) groups is 1. The number of halogens is 2. The standard InChI is InChI=1S/C15H22BrFN2O/c1-10(2)7-14(15(20)19(3)4)18-9-11-5-6-12(16)13(17)8-11/h5-6,8,10,14,18H,7,9H2,1-4H3. The minimum absolute atomic E-state index is 0.0521. The van der Waals surface area contributed by atoms with Crippen LogP contribution < -0.4 is 5.32 Å². The summed E-state index contributed by atoms with van der Waals surface area (Å²) in [5, 5.41) is 3.22. The summed E-state index contributed by atoms with van der Waals surface area (Å²) in [5.41, 5.74) is 0.825. The van der Waals surface area contributed by atoms with Crippen molar-refractivity contribution in [3.63, 3.8) is 0 Å². The largest absolute Gasteiger partial charge is 0.347 e. The molecule has 0 saturated heterocycles. The molecule has 1 N–H and O–H groups in total. The van der Waals surface area contributed by atoms with Crippen molar-refractivity contribution in [2.24, 2.45) is 5.92 Å². The molecule has 20 heavy (non-hydrogen) atoms. The molecule has 112 valence electrons. The van der Waals surface area contributed by atoms with E-state index < -0.39 is 0 Å². The fourth-order valence-corrected chi connectivity index (χ4v) is 2.19. The second kappa shape index (κ2) is 7.74. The molecule has 0 saturated carbocycles. The van der Waals surface area contributed by atoms with E-state index in [1.54, 1.807) is 25.1 Å². The van der Waals surface area contributed by atoms with E-state index in [2.05, 4.69) is 35.1 Å². The van der Waals surface area contributed by atoms with E-state index in [0.717, 1.165) is 12.0 Å². The topological polar surface area (TPSA) is 32.3 Å². The molecule has 1 aromatic carbocycles. The lowest BCUT2D eigenvalue weighted by molar-refractivity contribution is -0.131. The molecular formula is C15H22BrFN2O. The molecule has 0 heterocycles. The summed E-state index contributed by atoms with van der Waals surface area (Å²) in [5.74, 6) is 0.179. The van der Waals surface area contributed by atoms with Crippen molar-refractivity contribution in [1.82, 2.24) is 10.2 Å². The summed E-state index contributed by atoms with van der Waals surface area (Å²) < 4.78 is 13.9. The van der Waals surface area contributed by atoms with Crippen LogP contribution in [0.4, 0.5) is 4.39 Å². The SMILES string of the molecule is CC(C)CC(NCc1ccc(Br)c(F)c1)C(=O)N(C)C. The van der Waals surface area contributed by atoms with Crippen molar-refractivity contribution in [3.8, 4) is 0 Å². The third-order valence-corrected chi connectivity index (χ3v) is 3.63. The van der Waals surface area contributed by atoms with Crippen LogP contribution in [0.25, 0.3) is 0 Å². The van der Waals surface area contributed by atoms with Crippen LogP contribution in [-0.4, -0.2) is 30.9 Å². The van der Waals surface area contributed by atoms with Crippen LogP contribution >= 0.6 is 15.9 Å². The predicted octanol–water partition coefficient (Wildman–Crippen LogP) is 3.18. The van der Waals surface area contributed by atoms with Gasteiger partial charge in [0.1, 0.15) is 5.82 Å². The first-order valence-electron chi connectivity index (χ1n) is 6.69. The van der Waals surface area contributed by atoms with Crippen molar-refractivity contribution in [2.45, 2.75) is 32.9 Å². The van der Waals surface area contributed by atoms with E-state index in [1.165, 1.54) is 6.07 Å². The van der Waals surface area contributed by atoms with Crippen molar-refractivity contribution >= 4 is 21.8 Å². The van der Waals surface area contributed by atoms with Crippen molar-refractivity contribution < 1.29 is 9.18 Å². The number of nitrogens with one attached hydrogen (secondary N) is 1. The van der Waals surface area contributed by atoms with Crippen molar-refractivity contribution in [3.05, 3.63) is 34.1 Å². The van der Waals surface area contributed by atoms with Crippen LogP contribution in [0.5, 0.6) is 0 Å². The van der Waals surface area contributed by atoms with Gasteiger partial charge in [0.05, 0.1) is 10.5 Å². The van der Waals surface area contributed by atoms with Gasteiger partial charge in [-0.05, 0) is 46.0 Å². The van der Waals surface area contributed by atoms with E-state index in [0.29, 0.717) is 16.9 Å². The lowest BCUT2D eigenvalue weighted by atomic mass is 10.0. The summed E-state index contributed by atoms with van der Waals surface area (Å²) in [6.07, 6.45) is 0.760. The Hall–Kier alpha value is -0.940. The van der Waals surface area contributed by atoms with E-state index in [-0.39, 0.29) is 17.8 Å². The maximum absolute atomic E-state index is 13.5. The summed E-state index contributed by atoms with van der Waals surface area (Å²) in [6, 6.07) is 4.75. The molecule has 1 unspecified atom stereocenters. The molecule has 3 nitrogen and oxygen atoms in total. The Morgan fingerprint density at radius 1 is 1.40 bits per heavy atom. The number of nitrogens with zero attached hydrogens (tertiary/aromatic N) is 1. The first-order valence-corrected chi connectivity index (χ1v) is 7.49. The zero-order valence-corrected chi connectivity index (χ0v) is 14.0. The molecule has 1 aromatic rings. The first kappa shape index (κ1) is 17.1. The molecule has 5 heteroatoms. The molecule has 0 fully saturated rings. The van der Waals surface area contributed by atoms with Gasteiger partial charge >= 0.3 is 0 Å². The molecule has 0 aliphatic carbocycles. The lowest BCUT2D eigenvalue weighted by Crippen LogP contribution is -2.44. The fourth-order valence-electron chi connectivity index (χ4n) is 1.95. The molecule has 0 spiro atoms. The molecule has 0 aliphatic heterocycles. The molecule has 0 bridgehead atoms. The minimum atomic E-state index is -0.288. The van der Waals surface area contributed by atoms with E-state index >= 15 is 0 Å². The Labute approximate surface area is 128 Å². The van der Waals surface area contributed by atoms with Crippen LogP contribution in [0.2, 0.25) is 0 Å². The van der Waals surface area contributed by atoms with Crippen molar-refractivity contribution in [1.29, 1.82) is 0 Å². The summed E-state index contributed by atoms with van der Waals surface area (Å²) in [7, 11) is 3.49. The first-order chi connectivity index (χ1) is 9.31. The van der Waals surface area contributed by atoms with Gasteiger partial charge in [-0.25, -0.2) is 4.39 Å². The van der Waals surface area contributed by atoms with Crippen LogP contribution in [0.3, 0.4) is 0 Å². The maximum atomic E-state index is 13.5. The van der Waals surface area contributed by atoms with Gasteiger partial charge in [0.15, 0.2) is 0 Å². The Morgan fingerprint density at radius 2 is 2.05 bits per heavy atom. The number of rotatable bonds is 6. The number of benzene rings is 1. The van der Waals surface area contributed by atoms with E-state index in [4.69, 9.17) is 0 Å². The van der Waals surface area contributed by atoms with E-state index in [9.17, 15) is 9.18 Å². The predicted molar refractivity (Wildman–Crippen MR) is 82.9 cm³/mol. The molecule has 0 radical (unpaired) electrons. The highest BCUT2D eigenvalue weighted by Crippen LogP contribution is 2.16. The quantitative estimate of drug-likeness (QED) is 0.859. The number of hydrogen-bond donors (Lipinski definition) is 1. The van der Waals surface area contributed by atoms with Crippen LogP contribution in [0.15, 0.2) is 22.7 Å². The van der Waals surface area contributed by atoms with E-state index in [1.807, 2.05) is 6.07 Å². The molecular weight excluding hydrogens is 323 g/mol. The molecule has 1 rings (SSSR count). The van der Waals surface area contributed by atoms with Gasteiger partial charge in [-0.2, -0.15) is 0 Å². The molecule has 1 amide bonds. The maximum Gasteiger partial charge on any atom is 0.239 e. The number of carbonyl (C=O) groups excluding carboxylic acids is 1. The minimum Gasteiger partial charge on any atom is -0.347 e. The lowest BCUT2D eigenvalue weighted by Gasteiger charge is -2.23. The van der Waals surface area contributed by atoms with Gasteiger partial charge < -0.3 is 10.2 Å². The zero-order valence-electron chi connectivity index (χ0n) is 12.4. The van der Waals surface area contributed by atoms with Gasteiger partial charge in [0.2, 0.25) is 5.91 Å². The van der Waals surface area contributed by atoms with Crippen molar-refractivity contribution in [2.75, 3.05) is 14.1 Å². The molecule has 0 aliphatic rings. The number of amides is 1. The average Bonchev–Trinajstić information content (AvgIpc) is 2.37. The normalized spacial score (nSPS) is 12.6. The third kappa shape index (κ3) is 5.21. The van der Waals surface area contributed by atoms with Crippen LogP contribution in [0, 0.1) is 11.7 Å². The Kier molecular flexibility index (Phi) is 6.62. The van der Waals surface area contributed by atoms with Gasteiger partial charge in [-0.15, -0.1) is 0 Å². The third-order valence-electron chi connectivity index (χ3n) is 2.98. The highest BCUT2D eigenvalue weighted by Gasteiger charge is 2.20. The van der Waals surface area contributed by atoms with Crippen LogP contribution in [-0.2, 0) is 11.3 Å². The molecule has 1 atom stereocenters. The Bertz CT molecular complexity index is 463. The highest BCUT2D eigenvalue weighted by molar-refractivity contribution is 9.10. The zero-order chi connectivity index (χ0) is 15.3. The number of likely N-dealkylation sites (N-methyl/N-ethyl adjacent to an activating group) is 1. The van der Waals surface area contributed by atoms with Gasteiger partial charge in [0, 0.05) is 20.6 Å². The smallest absolute Gasteiger partial charge is 0.239 e. The molecule has 0 aromatic heterocycles. The highest BCUT2D eigenvalue weighted by atomic mass is 79.9. The van der Waals surface area contributed by atoms with Gasteiger partial charge in [0.25, 0.3) is 0 Å². The second-order valence-electron chi connectivity index (χ2n) is 5.54. The average molecular weight is 345 g/mol. The van der Waals surface area contributed by atoms with Gasteiger partial charge in [-0.1, -0.05) is 19.9 Å².